The van der Waals surface area contributed by atoms with Crippen LogP contribution in [0.5, 0.6) is 0 Å². The van der Waals surface area contributed by atoms with E-state index in [-0.39, 0.29) is 12.4 Å². The monoisotopic (exact) mass is 460 g/mol. The van der Waals surface area contributed by atoms with Gasteiger partial charge in [-0.1, -0.05) is 22.7 Å². The first-order chi connectivity index (χ1) is 14.2. The third kappa shape index (κ3) is 3.47. The van der Waals surface area contributed by atoms with Crippen molar-refractivity contribution in [2.24, 2.45) is 0 Å². The van der Waals surface area contributed by atoms with E-state index in [0.29, 0.717) is 18.1 Å². The molecule has 4 aromatic heterocycles. The van der Waals surface area contributed by atoms with E-state index in [1.54, 1.807) is 35.1 Å². The molecule has 156 valence electrons. The highest BCUT2D eigenvalue weighted by atomic mass is 35.5. The molecule has 30 heavy (non-hydrogen) atoms. The number of aromatic nitrogens is 6. The fourth-order valence-electron chi connectivity index (χ4n) is 4.38. The molecule has 1 unspecified atom stereocenters. The zero-order valence-corrected chi connectivity index (χ0v) is 18.7. The van der Waals surface area contributed by atoms with Gasteiger partial charge >= 0.3 is 0 Å². The van der Waals surface area contributed by atoms with Gasteiger partial charge in [-0.15, -0.1) is 22.6 Å². The maximum Gasteiger partial charge on any atom is 0.188 e. The number of nitrogens with one attached hydrogen (secondary N) is 2. The minimum atomic E-state index is 0. The van der Waals surface area contributed by atoms with Crippen molar-refractivity contribution in [1.82, 2.24) is 35.7 Å². The van der Waals surface area contributed by atoms with E-state index in [1.807, 2.05) is 12.1 Å². The standard InChI is InChI=1S/C19H20N8S2.ClH/c1-27(13-6-11-2-3-12(7-13)22-11)19-24-18-17(29-19)23-16(28-18)15-5-4-14(25-26-15)10-8-20-21-9-10;/h4-5,8-9,11-13,22H,2-3,6-7H2,1H3,(H,20,21);1H/t11-,12+,13?;. The second-order valence-corrected chi connectivity index (χ2v) is 9.72. The van der Waals surface area contributed by atoms with Gasteiger partial charge in [-0.25, -0.2) is 9.97 Å². The molecule has 2 aliphatic rings. The zero-order chi connectivity index (χ0) is 19.4. The van der Waals surface area contributed by atoms with Gasteiger partial charge in [0.2, 0.25) is 0 Å². The van der Waals surface area contributed by atoms with Gasteiger partial charge in [-0.05, 0) is 37.8 Å². The number of thiazole rings is 2. The predicted molar refractivity (Wildman–Crippen MR) is 123 cm³/mol. The number of H-pyrrole nitrogens is 1. The van der Waals surface area contributed by atoms with Crippen molar-refractivity contribution in [3.63, 3.8) is 0 Å². The molecular weight excluding hydrogens is 440 g/mol. The van der Waals surface area contributed by atoms with Crippen molar-refractivity contribution in [1.29, 1.82) is 0 Å². The van der Waals surface area contributed by atoms with Crippen LogP contribution in [0.1, 0.15) is 25.7 Å². The van der Waals surface area contributed by atoms with Gasteiger partial charge in [0, 0.05) is 36.9 Å². The van der Waals surface area contributed by atoms with Gasteiger partial charge in [0.25, 0.3) is 0 Å². The summed E-state index contributed by atoms with van der Waals surface area (Å²) in [6, 6.07) is 5.82. The molecule has 4 aromatic rings. The normalized spacial score (nSPS) is 22.9. The van der Waals surface area contributed by atoms with Crippen molar-refractivity contribution >= 4 is 49.9 Å². The third-order valence-corrected chi connectivity index (χ3v) is 8.08. The molecule has 2 saturated heterocycles. The molecule has 0 radical (unpaired) electrons. The lowest BCUT2D eigenvalue weighted by molar-refractivity contribution is 0.354. The second-order valence-electron chi connectivity index (χ2n) is 7.79. The summed E-state index contributed by atoms with van der Waals surface area (Å²) >= 11 is 3.25. The first-order valence-corrected chi connectivity index (χ1v) is 11.5. The molecule has 0 aromatic carbocycles. The molecule has 2 bridgehead atoms. The minimum absolute atomic E-state index is 0. The lowest BCUT2D eigenvalue weighted by atomic mass is 9.99. The van der Waals surface area contributed by atoms with Crippen molar-refractivity contribution in [2.45, 2.75) is 43.8 Å². The molecule has 0 saturated carbocycles. The van der Waals surface area contributed by atoms with Gasteiger partial charge in [-0.3, -0.25) is 5.10 Å². The molecule has 0 aliphatic carbocycles. The maximum atomic E-state index is 4.88. The summed E-state index contributed by atoms with van der Waals surface area (Å²) in [4.78, 5) is 14.0. The molecule has 0 amide bonds. The number of halogens is 1. The van der Waals surface area contributed by atoms with Crippen LogP contribution in [-0.4, -0.2) is 55.5 Å². The van der Waals surface area contributed by atoms with Crippen LogP contribution >= 0.6 is 35.1 Å². The van der Waals surface area contributed by atoms with E-state index in [2.05, 4.69) is 37.7 Å². The number of rotatable bonds is 4. The Balaban J connectivity index is 0.00000193. The molecule has 11 heteroatoms. The maximum absolute atomic E-state index is 4.88. The van der Waals surface area contributed by atoms with Crippen LogP contribution in [-0.2, 0) is 0 Å². The first-order valence-electron chi connectivity index (χ1n) is 9.82. The Morgan fingerprint density at radius 1 is 1.00 bits per heavy atom. The summed E-state index contributed by atoms with van der Waals surface area (Å²) in [6.45, 7) is 0. The molecule has 2 aliphatic heterocycles. The molecule has 6 heterocycles. The van der Waals surface area contributed by atoms with Gasteiger partial charge < -0.3 is 10.2 Å². The average molecular weight is 461 g/mol. The number of hydrogen-bond donors (Lipinski definition) is 2. The van der Waals surface area contributed by atoms with E-state index < -0.39 is 0 Å². The quantitative estimate of drug-likeness (QED) is 0.478. The van der Waals surface area contributed by atoms with Crippen LogP contribution < -0.4 is 10.2 Å². The van der Waals surface area contributed by atoms with Crippen molar-refractivity contribution in [3.05, 3.63) is 24.5 Å². The SMILES string of the molecule is CN(c1nc2sc(-c3ccc(-c4cn[nH]c4)nn3)nc2s1)C1C[C@H]2CC[C@@H](C1)N2.Cl. The number of nitrogens with zero attached hydrogens (tertiary/aromatic N) is 6. The fourth-order valence-corrected chi connectivity index (χ4v) is 6.42. The Morgan fingerprint density at radius 3 is 2.40 bits per heavy atom. The van der Waals surface area contributed by atoms with Crippen LogP contribution in [0.2, 0.25) is 0 Å². The second kappa shape index (κ2) is 7.84. The molecule has 6 rings (SSSR count). The van der Waals surface area contributed by atoms with E-state index in [4.69, 9.17) is 9.97 Å². The van der Waals surface area contributed by atoms with Crippen molar-refractivity contribution in [3.8, 4) is 22.0 Å². The number of aromatic amines is 1. The Hall–Kier alpha value is -2.14. The number of hydrogen-bond acceptors (Lipinski definition) is 9. The van der Waals surface area contributed by atoms with Gasteiger partial charge in [0.1, 0.15) is 10.7 Å². The summed E-state index contributed by atoms with van der Waals surface area (Å²) in [7, 11) is 2.18. The third-order valence-electron chi connectivity index (χ3n) is 5.94. The van der Waals surface area contributed by atoms with Gasteiger partial charge in [0.05, 0.1) is 11.9 Å². The van der Waals surface area contributed by atoms with E-state index in [1.165, 1.54) is 25.7 Å². The lowest BCUT2D eigenvalue weighted by Crippen LogP contribution is -2.47. The van der Waals surface area contributed by atoms with E-state index in [0.717, 1.165) is 36.8 Å². The summed E-state index contributed by atoms with van der Waals surface area (Å²) in [5.41, 5.74) is 2.49. The molecule has 8 nitrogen and oxygen atoms in total. The lowest BCUT2D eigenvalue weighted by Gasteiger charge is -2.35. The largest absolute Gasteiger partial charge is 0.348 e. The van der Waals surface area contributed by atoms with Crippen LogP contribution in [0, 0.1) is 0 Å². The first kappa shape index (κ1) is 19.8. The Labute approximate surface area is 187 Å². The van der Waals surface area contributed by atoms with Crippen LogP contribution in [0.25, 0.3) is 31.6 Å². The predicted octanol–water partition coefficient (Wildman–Crippen LogP) is 3.74. The van der Waals surface area contributed by atoms with Crippen molar-refractivity contribution in [2.75, 3.05) is 11.9 Å². The zero-order valence-electron chi connectivity index (χ0n) is 16.3. The highest BCUT2D eigenvalue weighted by Gasteiger charge is 2.36. The molecule has 0 spiro atoms. The summed E-state index contributed by atoms with van der Waals surface area (Å²) in [5.74, 6) is 0. The minimum Gasteiger partial charge on any atom is -0.348 e. The highest BCUT2D eigenvalue weighted by Crippen LogP contribution is 2.38. The van der Waals surface area contributed by atoms with Crippen LogP contribution in [0.3, 0.4) is 0 Å². The number of piperidine rings is 1. The number of fused-ring (bicyclic) bond motifs is 3. The summed E-state index contributed by atoms with van der Waals surface area (Å²) in [6.07, 6.45) is 8.58. The Bertz CT molecular complexity index is 1100. The van der Waals surface area contributed by atoms with Crippen molar-refractivity contribution < 1.29 is 0 Å². The topological polar surface area (TPSA) is 95.5 Å². The fraction of sp³-hybridized carbons (Fsp3) is 0.421. The van der Waals surface area contributed by atoms with Gasteiger partial charge in [0.15, 0.2) is 14.8 Å². The average Bonchev–Trinajstić information content (AvgIpc) is 3.51. The highest BCUT2D eigenvalue weighted by molar-refractivity contribution is 7.29. The summed E-state index contributed by atoms with van der Waals surface area (Å²) in [5, 5.41) is 21.0. The Morgan fingerprint density at radius 2 is 1.73 bits per heavy atom. The van der Waals surface area contributed by atoms with E-state index >= 15 is 0 Å². The summed E-state index contributed by atoms with van der Waals surface area (Å²) < 4.78 is 0. The number of anilines is 1. The molecule has 2 fully saturated rings. The van der Waals surface area contributed by atoms with Crippen LogP contribution in [0.4, 0.5) is 5.13 Å². The molecular formula is C19H21ClN8S2. The van der Waals surface area contributed by atoms with Gasteiger partial charge in [-0.2, -0.15) is 5.10 Å². The Kier molecular flexibility index (Phi) is 5.18. The molecule has 3 atom stereocenters. The molecule has 2 N–H and O–H groups in total. The smallest absolute Gasteiger partial charge is 0.188 e. The van der Waals surface area contributed by atoms with Crippen LogP contribution in [0.15, 0.2) is 24.5 Å². The van der Waals surface area contributed by atoms with E-state index in [9.17, 15) is 0 Å².